The van der Waals surface area contributed by atoms with Gasteiger partial charge in [-0.1, -0.05) is 22.4 Å². The number of aryl methyl sites for hydroxylation is 2. The van der Waals surface area contributed by atoms with Gasteiger partial charge in [0, 0.05) is 6.54 Å². The van der Waals surface area contributed by atoms with Gasteiger partial charge >= 0.3 is 0 Å². The molecule has 0 saturated carbocycles. The Morgan fingerprint density at radius 1 is 1.42 bits per heavy atom. The van der Waals surface area contributed by atoms with Crippen LogP contribution in [0.3, 0.4) is 0 Å². The lowest BCUT2D eigenvalue weighted by atomic mass is 10.1. The average molecular weight is 331 g/mol. The van der Waals surface area contributed by atoms with Crippen LogP contribution >= 0.6 is 0 Å². The van der Waals surface area contributed by atoms with Crippen molar-refractivity contribution in [3.8, 4) is 5.75 Å². The zero-order chi connectivity index (χ0) is 17.2. The average Bonchev–Trinajstić information content (AvgIpc) is 3.13. The second-order valence-electron chi connectivity index (χ2n) is 6.37. The van der Waals surface area contributed by atoms with Crippen LogP contribution in [0.25, 0.3) is 0 Å². The topological polar surface area (TPSA) is 88.7 Å². The van der Waals surface area contributed by atoms with Gasteiger partial charge in [0.1, 0.15) is 29.3 Å². The molecule has 7 nitrogen and oxygen atoms in total. The number of carbonyl (C=O) groups excluding carboxylic acids is 1. The molecule has 0 spiro atoms. The van der Waals surface area contributed by atoms with Gasteiger partial charge in [-0.05, 0) is 38.0 Å². The molecule has 2 aromatic rings. The van der Waals surface area contributed by atoms with Crippen LogP contribution in [0.5, 0.6) is 5.75 Å². The van der Waals surface area contributed by atoms with Crippen molar-refractivity contribution in [1.82, 2.24) is 15.2 Å². The summed E-state index contributed by atoms with van der Waals surface area (Å²) < 4.78 is 10.3. The van der Waals surface area contributed by atoms with Crippen LogP contribution in [0.2, 0.25) is 0 Å². The minimum Gasteiger partial charge on any atom is -0.491 e. The van der Waals surface area contributed by atoms with E-state index in [1.807, 2.05) is 31.2 Å². The monoisotopic (exact) mass is 331 g/mol. The molecule has 1 atom stereocenters. The van der Waals surface area contributed by atoms with Crippen molar-refractivity contribution in [2.24, 2.45) is 0 Å². The summed E-state index contributed by atoms with van der Waals surface area (Å²) in [5.74, 6) is 0.623. The first-order valence-corrected chi connectivity index (χ1v) is 7.93. The van der Waals surface area contributed by atoms with E-state index < -0.39 is 5.60 Å². The van der Waals surface area contributed by atoms with E-state index in [4.69, 9.17) is 4.74 Å². The number of benzene rings is 1. The molecule has 1 aliphatic rings. The summed E-state index contributed by atoms with van der Waals surface area (Å²) in [5, 5.41) is 18.1. The van der Waals surface area contributed by atoms with Gasteiger partial charge in [-0.15, -0.1) is 0 Å². The molecule has 2 heterocycles. The first-order valence-electron chi connectivity index (χ1n) is 7.93. The number of nitrogens with zero attached hydrogens (tertiary/aromatic N) is 3. The summed E-state index contributed by atoms with van der Waals surface area (Å²) in [4.78, 5) is 14.0. The van der Waals surface area contributed by atoms with E-state index in [9.17, 15) is 9.90 Å². The second kappa shape index (κ2) is 6.60. The van der Waals surface area contributed by atoms with Crippen molar-refractivity contribution in [3.05, 3.63) is 41.2 Å². The molecule has 1 amide bonds. The number of carbonyl (C=O) groups is 1. The van der Waals surface area contributed by atoms with Crippen LogP contribution in [0.1, 0.15) is 23.4 Å². The standard InChI is InChI=1S/C17H21N3O4/c1-12-4-3-5-14(8-12)23-11-17(22)6-7-20(10-17)16(21)9-15-13(2)18-24-19-15/h3-5,8,22H,6-7,9-11H2,1-2H3/t17-/m0/s1. The molecular formula is C17H21N3O4. The summed E-state index contributed by atoms with van der Waals surface area (Å²) in [6.07, 6.45) is 0.616. The molecule has 0 bridgehead atoms. The summed E-state index contributed by atoms with van der Waals surface area (Å²) >= 11 is 0. The SMILES string of the molecule is Cc1cccc(OC[C@]2(O)CCN(C(=O)Cc3nonc3C)C2)c1. The second-order valence-corrected chi connectivity index (χ2v) is 6.37. The number of β-amino-alcohol motifs (C(OH)–C–C–N with tert-alkyl or cyclic N) is 1. The van der Waals surface area contributed by atoms with Crippen LogP contribution in [-0.4, -0.2) is 51.5 Å². The van der Waals surface area contributed by atoms with Crippen LogP contribution < -0.4 is 4.74 Å². The lowest BCUT2D eigenvalue weighted by molar-refractivity contribution is -0.130. The van der Waals surface area contributed by atoms with Gasteiger partial charge in [-0.25, -0.2) is 4.63 Å². The Morgan fingerprint density at radius 3 is 2.96 bits per heavy atom. The molecular weight excluding hydrogens is 310 g/mol. The number of rotatable bonds is 5. The molecule has 0 aliphatic carbocycles. The maximum absolute atomic E-state index is 12.3. The van der Waals surface area contributed by atoms with Gasteiger partial charge in [-0.3, -0.25) is 4.79 Å². The number of aliphatic hydroxyl groups is 1. The van der Waals surface area contributed by atoms with Crippen LogP contribution in [0.15, 0.2) is 28.9 Å². The highest BCUT2D eigenvalue weighted by Gasteiger charge is 2.39. The molecule has 1 fully saturated rings. The molecule has 1 N–H and O–H groups in total. The van der Waals surface area contributed by atoms with E-state index in [0.29, 0.717) is 24.4 Å². The quantitative estimate of drug-likeness (QED) is 0.887. The molecule has 3 rings (SSSR count). The highest BCUT2D eigenvalue weighted by Crippen LogP contribution is 2.24. The van der Waals surface area contributed by atoms with Crippen molar-refractivity contribution in [1.29, 1.82) is 0 Å². The lowest BCUT2D eigenvalue weighted by Gasteiger charge is -2.23. The molecule has 1 aromatic heterocycles. The Balaban J connectivity index is 1.55. The number of hydrogen-bond donors (Lipinski definition) is 1. The molecule has 1 saturated heterocycles. The summed E-state index contributed by atoms with van der Waals surface area (Å²) in [7, 11) is 0. The highest BCUT2D eigenvalue weighted by atomic mass is 16.6. The third-order valence-electron chi connectivity index (χ3n) is 4.25. The van der Waals surface area contributed by atoms with E-state index >= 15 is 0 Å². The molecule has 1 aliphatic heterocycles. The molecule has 1 aromatic carbocycles. The first-order chi connectivity index (χ1) is 11.5. The molecule has 7 heteroatoms. The van der Waals surface area contributed by atoms with Crippen molar-refractivity contribution in [3.63, 3.8) is 0 Å². The van der Waals surface area contributed by atoms with Gasteiger partial charge in [0.25, 0.3) is 0 Å². The summed E-state index contributed by atoms with van der Waals surface area (Å²) in [6.45, 7) is 4.64. The fraction of sp³-hybridized carbons (Fsp3) is 0.471. The van der Waals surface area contributed by atoms with Gasteiger partial charge in [0.05, 0.1) is 13.0 Å². The van der Waals surface area contributed by atoms with Crippen LogP contribution in [0.4, 0.5) is 0 Å². The van der Waals surface area contributed by atoms with Crippen LogP contribution in [0, 0.1) is 13.8 Å². The van der Waals surface area contributed by atoms with E-state index in [1.54, 1.807) is 11.8 Å². The van der Waals surface area contributed by atoms with Gasteiger partial charge in [0.2, 0.25) is 5.91 Å². The summed E-state index contributed by atoms with van der Waals surface area (Å²) in [6, 6.07) is 7.67. The first kappa shape index (κ1) is 16.4. The number of hydrogen-bond acceptors (Lipinski definition) is 6. The number of amides is 1. The number of aromatic nitrogens is 2. The predicted octanol–water partition coefficient (Wildman–Crippen LogP) is 1.27. The Bertz CT molecular complexity index is 730. The van der Waals surface area contributed by atoms with Crippen molar-refractivity contribution < 1.29 is 19.3 Å². The van der Waals surface area contributed by atoms with Crippen molar-refractivity contribution in [2.45, 2.75) is 32.3 Å². The van der Waals surface area contributed by atoms with Crippen LogP contribution in [-0.2, 0) is 11.2 Å². The van der Waals surface area contributed by atoms with E-state index in [1.165, 1.54) is 0 Å². The maximum Gasteiger partial charge on any atom is 0.228 e. The Kier molecular flexibility index (Phi) is 4.53. The fourth-order valence-electron chi connectivity index (χ4n) is 2.77. The minimum atomic E-state index is -1.03. The highest BCUT2D eigenvalue weighted by molar-refractivity contribution is 5.78. The maximum atomic E-state index is 12.3. The number of likely N-dealkylation sites (tertiary alicyclic amines) is 1. The molecule has 128 valence electrons. The fourth-order valence-corrected chi connectivity index (χ4v) is 2.77. The smallest absolute Gasteiger partial charge is 0.228 e. The van der Waals surface area contributed by atoms with Crippen molar-refractivity contribution >= 4 is 5.91 Å². The van der Waals surface area contributed by atoms with E-state index in [2.05, 4.69) is 14.9 Å². The lowest BCUT2D eigenvalue weighted by Crippen LogP contribution is -2.41. The van der Waals surface area contributed by atoms with Gasteiger partial charge in [0.15, 0.2) is 0 Å². The molecule has 24 heavy (non-hydrogen) atoms. The number of ether oxygens (including phenoxy) is 1. The Hall–Kier alpha value is -2.41. The van der Waals surface area contributed by atoms with E-state index in [-0.39, 0.29) is 25.5 Å². The predicted molar refractivity (Wildman–Crippen MR) is 85.6 cm³/mol. The molecule has 0 unspecified atom stereocenters. The van der Waals surface area contributed by atoms with Gasteiger partial charge in [-0.2, -0.15) is 0 Å². The normalized spacial score (nSPS) is 20.4. The third-order valence-corrected chi connectivity index (χ3v) is 4.25. The van der Waals surface area contributed by atoms with Gasteiger partial charge < -0.3 is 14.7 Å². The van der Waals surface area contributed by atoms with E-state index in [0.717, 1.165) is 11.3 Å². The zero-order valence-corrected chi connectivity index (χ0v) is 13.9. The third kappa shape index (κ3) is 3.73. The summed E-state index contributed by atoms with van der Waals surface area (Å²) in [5.41, 5.74) is 1.21. The Labute approximate surface area is 140 Å². The van der Waals surface area contributed by atoms with Crippen molar-refractivity contribution in [2.75, 3.05) is 19.7 Å². The Morgan fingerprint density at radius 2 is 2.25 bits per heavy atom. The molecule has 0 radical (unpaired) electrons. The minimum absolute atomic E-state index is 0.0970. The zero-order valence-electron chi connectivity index (χ0n) is 13.9. The largest absolute Gasteiger partial charge is 0.491 e.